The SMILES string of the molecule is CC1(C)OCC(C)(C)C(C(=O)NC[C@@H](CC2c3ccccc3-c3ccccc32)C(=O)O)O1. The molecule has 4 rings (SSSR count). The maximum Gasteiger partial charge on any atom is 0.308 e. The van der Waals surface area contributed by atoms with Gasteiger partial charge < -0.3 is 19.9 Å². The maximum absolute atomic E-state index is 13.0. The van der Waals surface area contributed by atoms with Gasteiger partial charge in [0.25, 0.3) is 0 Å². The third kappa shape index (κ3) is 4.30. The number of carbonyl (C=O) groups is 2. The summed E-state index contributed by atoms with van der Waals surface area (Å²) in [7, 11) is 0. The fourth-order valence-corrected chi connectivity index (χ4v) is 4.71. The topological polar surface area (TPSA) is 84.9 Å². The number of carbonyl (C=O) groups excluding carboxylic acids is 1. The number of fused-ring (bicyclic) bond motifs is 3. The molecule has 2 N–H and O–H groups in total. The van der Waals surface area contributed by atoms with E-state index in [4.69, 9.17) is 9.47 Å². The van der Waals surface area contributed by atoms with Crippen molar-refractivity contribution in [2.45, 2.75) is 51.9 Å². The van der Waals surface area contributed by atoms with Gasteiger partial charge in [0.1, 0.15) is 6.10 Å². The second-order valence-corrected chi connectivity index (χ2v) is 9.92. The Balaban J connectivity index is 1.50. The third-order valence-corrected chi connectivity index (χ3v) is 6.50. The summed E-state index contributed by atoms with van der Waals surface area (Å²) >= 11 is 0. The number of hydrogen-bond acceptors (Lipinski definition) is 4. The first kappa shape index (κ1) is 22.5. The van der Waals surface area contributed by atoms with Gasteiger partial charge in [-0.15, -0.1) is 0 Å². The standard InChI is InChI=1S/C26H31NO5/c1-25(2)15-31-26(3,4)32-22(25)23(28)27-14-16(24(29)30)13-21-19-11-7-5-9-17(19)18-10-6-8-12-20(18)21/h5-12,16,21-22H,13-15H2,1-4H3,(H,27,28)(H,29,30)/t16-,22?/m1/s1. The molecule has 6 nitrogen and oxygen atoms in total. The van der Waals surface area contributed by atoms with E-state index in [9.17, 15) is 14.7 Å². The summed E-state index contributed by atoms with van der Waals surface area (Å²) in [5.74, 6) is -2.82. The minimum absolute atomic E-state index is 0.0184. The van der Waals surface area contributed by atoms with Crippen LogP contribution < -0.4 is 5.32 Å². The van der Waals surface area contributed by atoms with Crippen LogP contribution in [0.3, 0.4) is 0 Å². The second-order valence-electron chi connectivity index (χ2n) is 9.92. The first-order valence-electron chi connectivity index (χ1n) is 11.1. The highest BCUT2D eigenvalue weighted by Crippen LogP contribution is 2.47. The average Bonchev–Trinajstić information content (AvgIpc) is 3.06. The van der Waals surface area contributed by atoms with Crippen LogP contribution >= 0.6 is 0 Å². The highest BCUT2D eigenvalue weighted by Gasteiger charge is 2.46. The van der Waals surface area contributed by atoms with Crippen LogP contribution in [0, 0.1) is 11.3 Å². The van der Waals surface area contributed by atoms with Crippen molar-refractivity contribution in [1.82, 2.24) is 5.32 Å². The predicted molar refractivity (Wildman–Crippen MR) is 121 cm³/mol. The molecule has 0 saturated carbocycles. The molecule has 2 atom stereocenters. The summed E-state index contributed by atoms with van der Waals surface area (Å²) in [5, 5.41) is 12.8. The van der Waals surface area contributed by atoms with Crippen molar-refractivity contribution in [2.75, 3.05) is 13.2 Å². The minimum Gasteiger partial charge on any atom is -0.481 e. The van der Waals surface area contributed by atoms with E-state index in [1.54, 1.807) is 13.8 Å². The molecule has 170 valence electrons. The Bertz CT molecular complexity index is 983. The zero-order valence-electron chi connectivity index (χ0n) is 19.1. The lowest BCUT2D eigenvalue weighted by Crippen LogP contribution is -2.57. The number of amides is 1. The van der Waals surface area contributed by atoms with Crippen LogP contribution in [0.25, 0.3) is 11.1 Å². The van der Waals surface area contributed by atoms with E-state index in [0.717, 1.165) is 22.3 Å². The Morgan fingerprint density at radius 2 is 1.59 bits per heavy atom. The van der Waals surface area contributed by atoms with E-state index in [1.807, 2.05) is 38.1 Å². The Hall–Kier alpha value is -2.70. The molecule has 1 amide bonds. The van der Waals surface area contributed by atoms with E-state index < -0.39 is 29.2 Å². The molecule has 0 spiro atoms. The summed E-state index contributed by atoms with van der Waals surface area (Å²) in [4.78, 5) is 25.1. The number of benzene rings is 2. The molecule has 1 aliphatic carbocycles. The van der Waals surface area contributed by atoms with Crippen molar-refractivity contribution >= 4 is 11.9 Å². The zero-order valence-corrected chi connectivity index (χ0v) is 19.1. The normalized spacial score (nSPS) is 21.9. The van der Waals surface area contributed by atoms with Gasteiger partial charge in [-0.3, -0.25) is 9.59 Å². The number of carboxylic acid groups (broad SMARTS) is 1. The van der Waals surface area contributed by atoms with Gasteiger partial charge in [-0.05, 0) is 42.5 Å². The Labute approximate surface area is 188 Å². The Morgan fingerprint density at radius 3 is 2.16 bits per heavy atom. The highest BCUT2D eigenvalue weighted by atomic mass is 16.7. The molecule has 32 heavy (non-hydrogen) atoms. The molecule has 1 unspecified atom stereocenters. The average molecular weight is 438 g/mol. The molecule has 1 fully saturated rings. The number of aliphatic carboxylic acids is 1. The van der Waals surface area contributed by atoms with Gasteiger partial charge in [0.05, 0.1) is 12.5 Å². The van der Waals surface area contributed by atoms with Crippen molar-refractivity contribution in [2.24, 2.45) is 11.3 Å². The monoisotopic (exact) mass is 437 g/mol. The largest absolute Gasteiger partial charge is 0.481 e. The molecule has 1 aliphatic heterocycles. The Morgan fingerprint density at radius 1 is 1.03 bits per heavy atom. The van der Waals surface area contributed by atoms with E-state index >= 15 is 0 Å². The van der Waals surface area contributed by atoms with Gasteiger partial charge in [-0.1, -0.05) is 62.4 Å². The molecule has 0 radical (unpaired) electrons. The first-order chi connectivity index (χ1) is 15.1. The number of carboxylic acids is 1. The molecule has 0 aromatic heterocycles. The quantitative estimate of drug-likeness (QED) is 0.708. The predicted octanol–water partition coefficient (Wildman–Crippen LogP) is 4.18. The molecular formula is C26H31NO5. The molecule has 2 aliphatic rings. The molecule has 1 heterocycles. The summed E-state index contributed by atoms with van der Waals surface area (Å²) < 4.78 is 11.6. The van der Waals surface area contributed by atoms with Gasteiger partial charge in [-0.25, -0.2) is 0 Å². The van der Waals surface area contributed by atoms with Gasteiger partial charge in [-0.2, -0.15) is 0 Å². The van der Waals surface area contributed by atoms with Crippen LogP contribution in [0.4, 0.5) is 0 Å². The van der Waals surface area contributed by atoms with Crippen LogP contribution in [0.15, 0.2) is 48.5 Å². The summed E-state index contributed by atoms with van der Waals surface area (Å²) in [6.45, 7) is 7.80. The van der Waals surface area contributed by atoms with Crippen LogP contribution in [-0.2, 0) is 19.1 Å². The smallest absolute Gasteiger partial charge is 0.308 e. The molecule has 2 aromatic rings. The van der Waals surface area contributed by atoms with Gasteiger partial charge >= 0.3 is 5.97 Å². The number of rotatable bonds is 6. The van der Waals surface area contributed by atoms with Crippen molar-refractivity contribution in [3.05, 3.63) is 59.7 Å². The van der Waals surface area contributed by atoms with Gasteiger partial charge in [0.2, 0.25) is 5.91 Å². The van der Waals surface area contributed by atoms with Gasteiger partial charge in [0.15, 0.2) is 5.79 Å². The second kappa shape index (κ2) is 8.34. The summed E-state index contributed by atoms with van der Waals surface area (Å²) in [5.41, 5.74) is 4.08. The minimum atomic E-state index is -0.917. The lowest BCUT2D eigenvalue weighted by atomic mass is 9.84. The first-order valence-corrected chi connectivity index (χ1v) is 11.1. The number of hydrogen-bond donors (Lipinski definition) is 2. The van der Waals surface area contributed by atoms with Crippen LogP contribution in [0.1, 0.15) is 51.2 Å². The lowest BCUT2D eigenvalue weighted by Gasteiger charge is -2.44. The molecule has 6 heteroatoms. The van der Waals surface area contributed by atoms with Crippen LogP contribution in [-0.4, -0.2) is 42.0 Å². The Kier molecular flexibility index (Phi) is 5.86. The maximum atomic E-state index is 13.0. The van der Waals surface area contributed by atoms with E-state index in [0.29, 0.717) is 13.0 Å². The fourth-order valence-electron chi connectivity index (χ4n) is 4.71. The van der Waals surface area contributed by atoms with Crippen molar-refractivity contribution in [1.29, 1.82) is 0 Å². The summed E-state index contributed by atoms with van der Waals surface area (Å²) in [6.07, 6.45) is -0.304. The molecule has 0 bridgehead atoms. The third-order valence-electron chi connectivity index (χ3n) is 6.50. The lowest BCUT2D eigenvalue weighted by molar-refractivity contribution is -0.304. The molecule has 1 saturated heterocycles. The number of ether oxygens (including phenoxy) is 2. The van der Waals surface area contributed by atoms with E-state index in [-0.39, 0.29) is 18.4 Å². The number of nitrogens with one attached hydrogen (secondary N) is 1. The van der Waals surface area contributed by atoms with Crippen LogP contribution in [0.5, 0.6) is 0 Å². The molecular weight excluding hydrogens is 406 g/mol. The summed E-state index contributed by atoms with van der Waals surface area (Å²) in [6, 6.07) is 16.3. The van der Waals surface area contributed by atoms with E-state index in [2.05, 4.69) is 29.6 Å². The van der Waals surface area contributed by atoms with Crippen molar-refractivity contribution in [3.63, 3.8) is 0 Å². The van der Waals surface area contributed by atoms with Crippen LogP contribution in [0.2, 0.25) is 0 Å². The van der Waals surface area contributed by atoms with Crippen molar-refractivity contribution in [3.8, 4) is 11.1 Å². The van der Waals surface area contributed by atoms with E-state index in [1.165, 1.54) is 0 Å². The molecule has 2 aromatic carbocycles. The fraction of sp³-hybridized carbons (Fsp3) is 0.462. The zero-order chi connectivity index (χ0) is 23.1. The highest BCUT2D eigenvalue weighted by molar-refractivity contribution is 5.83. The van der Waals surface area contributed by atoms with Crippen molar-refractivity contribution < 1.29 is 24.2 Å². The van der Waals surface area contributed by atoms with Gasteiger partial charge in [0, 0.05) is 17.9 Å².